The van der Waals surface area contributed by atoms with Gasteiger partial charge in [0.15, 0.2) is 11.0 Å². The van der Waals surface area contributed by atoms with E-state index in [2.05, 4.69) is 57.8 Å². The van der Waals surface area contributed by atoms with Gasteiger partial charge in [-0.2, -0.15) is 0 Å². The zero-order chi connectivity index (χ0) is 20.2. The molecule has 1 aromatic carbocycles. The van der Waals surface area contributed by atoms with Gasteiger partial charge in [-0.3, -0.25) is 4.79 Å². The fraction of sp³-hybridized carbons (Fsp3) is 0.381. The highest BCUT2D eigenvalue weighted by Gasteiger charge is 2.23. The monoisotopic (exact) mass is 427 g/mol. The van der Waals surface area contributed by atoms with Crippen LogP contribution in [0.1, 0.15) is 12.5 Å². The topological polar surface area (TPSA) is 54.3 Å². The van der Waals surface area contributed by atoms with Crippen LogP contribution in [-0.2, 0) is 11.3 Å². The van der Waals surface area contributed by atoms with Crippen LogP contribution in [0.3, 0.4) is 0 Å². The van der Waals surface area contributed by atoms with E-state index in [4.69, 9.17) is 0 Å². The molecule has 3 heterocycles. The molecule has 4 rings (SSSR count). The Bertz CT molecular complexity index is 961. The van der Waals surface area contributed by atoms with Crippen molar-refractivity contribution in [3.05, 3.63) is 47.3 Å². The summed E-state index contributed by atoms with van der Waals surface area (Å²) in [5, 5.41) is 11.5. The third kappa shape index (κ3) is 4.33. The molecule has 0 bridgehead atoms. The Morgan fingerprint density at radius 3 is 2.59 bits per heavy atom. The highest BCUT2D eigenvalue weighted by atomic mass is 32.2. The Labute approximate surface area is 179 Å². The van der Waals surface area contributed by atoms with Crippen molar-refractivity contribution in [2.24, 2.45) is 0 Å². The van der Waals surface area contributed by atoms with Crippen molar-refractivity contribution in [3.63, 3.8) is 0 Å². The van der Waals surface area contributed by atoms with Crippen molar-refractivity contribution in [2.45, 2.75) is 25.5 Å². The van der Waals surface area contributed by atoms with E-state index in [9.17, 15) is 4.79 Å². The number of aromatic nitrogens is 3. The first-order valence-electron chi connectivity index (χ1n) is 9.85. The van der Waals surface area contributed by atoms with Crippen molar-refractivity contribution < 1.29 is 4.79 Å². The number of carbonyl (C=O) groups excluding carboxylic acids is 1. The molecular formula is C21H25N5OS2. The normalized spacial score (nSPS) is 14.4. The van der Waals surface area contributed by atoms with E-state index in [0.717, 1.165) is 48.6 Å². The van der Waals surface area contributed by atoms with Gasteiger partial charge in [-0.25, -0.2) is 0 Å². The van der Waals surface area contributed by atoms with Gasteiger partial charge < -0.3 is 14.4 Å². The minimum absolute atomic E-state index is 0.169. The maximum absolute atomic E-state index is 12.7. The van der Waals surface area contributed by atoms with Gasteiger partial charge in [0, 0.05) is 38.4 Å². The molecule has 1 amide bonds. The molecule has 1 fully saturated rings. The summed E-state index contributed by atoms with van der Waals surface area (Å²) in [4.78, 5) is 18.2. The van der Waals surface area contributed by atoms with E-state index in [1.54, 1.807) is 11.3 Å². The van der Waals surface area contributed by atoms with Gasteiger partial charge in [0.25, 0.3) is 0 Å². The standard InChI is InChI=1S/C21H25N5OS2/c1-3-26-20(18-9-6-14-28-18)22-23-21(26)29-15-19(27)25-12-10-24(11-13-25)17-8-5-4-7-16(17)2/h4-9,14H,3,10-13,15H2,1-2H3. The fourth-order valence-corrected chi connectivity index (χ4v) is 5.22. The van der Waals surface area contributed by atoms with E-state index >= 15 is 0 Å². The molecule has 0 radical (unpaired) electrons. The lowest BCUT2D eigenvalue weighted by Gasteiger charge is -2.36. The van der Waals surface area contributed by atoms with Crippen LogP contribution in [0.2, 0.25) is 0 Å². The lowest BCUT2D eigenvalue weighted by Crippen LogP contribution is -2.49. The van der Waals surface area contributed by atoms with Crippen LogP contribution in [0.5, 0.6) is 0 Å². The van der Waals surface area contributed by atoms with Gasteiger partial charge in [0.2, 0.25) is 5.91 Å². The third-order valence-electron chi connectivity index (χ3n) is 5.19. The fourth-order valence-electron chi connectivity index (χ4n) is 3.60. The molecular weight excluding hydrogens is 402 g/mol. The zero-order valence-corrected chi connectivity index (χ0v) is 18.4. The van der Waals surface area contributed by atoms with E-state index in [0.29, 0.717) is 5.75 Å². The Balaban J connectivity index is 1.34. The average Bonchev–Trinajstić information content (AvgIpc) is 3.42. The second kappa shape index (κ2) is 9.00. The number of thioether (sulfide) groups is 1. The summed E-state index contributed by atoms with van der Waals surface area (Å²) in [5.41, 5.74) is 2.55. The average molecular weight is 428 g/mol. The van der Waals surface area contributed by atoms with Crippen molar-refractivity contribution in [1.29, 1.82) is 0 Å². The molecule has 0 unspecified atom stereocenters. The van der Waals surface area contributed by atoms with Gasteiger partial charge >= 0.3 is 0 Å². The first kappa shape index (κ1) is 20.0. The number of hydrogen-bond donors (Lipinski definition) is 0. The number of nitrogens with zero attached hydrogens (tertiary/aromatic N) is 5. The summed E-state index contributed by atoms with van der Waals surface area (Å²) >= 11 is 3.13. The van der Waals surface area contributed by atoms with Crippen molar-refractivity contribution >= 4 is 34.7 Å². The van der Waals surface area contributed by atoms with E-state index in [1.807, 2.05) is 22.4 Å². The number of anilines is 1. The predicted octanol–water partition coefficient (Wildman–Crippen LogP) is 3.78. The van der Waals surface area contributed by atoms with Crippen molar-refractivity contribution in [2.75, 3.05) is 36.8 Å². The number of rotatable bonds is 6. The highest BCUT2D eigenvalue weighted by Crippen LogP contribution is 2.27. The quantitative estimate of drug-likeness (QED) is 0.561. The largest absolute Gasteiger partial charge is 0.368 e. The van der Waals surface area contributed by atoms with Crippen LogP contribution in [0, 0.1) is 6.92 Å². The van der Waals surface area contributed by atoms with Gasteiger partial charge in [-0.05, 0) is 36.9 Å². The molecule has 29 heavy (non-hydrogen) atoms. The maximum atomic E-state index is 12.7. The number of carbonyl (C=O) groups is 1. The van der Waals surface area contributed by atoms with Crippen LogP contribution in [0.15, 0.2) is 46.9 Å². The summed E-state index contributed by atoms with van der Waals surface area (Å²) in [6, 6.07) is 12.5. The number of para-hydroxylation sites is 1. The van der Waals surface area contributed by atoms with Crippen molar-refractivity contribution in [1.82, 2.24) is 19.7 Å². The molecule has 8 heteroatoms. The number of piperazine rings is 1. The van der Waals surface area contributed by atoms with Gasteiger partial charge in [0.05, 0.1) is 10.6 Å². The predicted molar refractivity (Wildman–Crippen MR) is 120 cm³/mol. The van der Waals surface area contributed by atoms with E-state index < -0.39 is 0 Å². The van der Waals surface area contributed by atoms with Gasteiger partial charge in [-0.15, -0.1) is 21.5 Å². The molecule has 2 aromatic heterocycles. The van der Waals surface area contributed by atoms with E-state index in [-0.39, 0.29) is 5.91 Å². The van der Waals surface area contributed by atoms with Gasteiger partial charge in [-0.1, -0.05) is 36.0 Å². The molecule has 0 spiro atoms. The van der Waals surface area contributed by atoms with Crippen LogP contribution < -0.4 is 4.90 Å². The first-order valence-corrected chi connectivity index (χ1v) is 11.7. The van der Waals surface area contributed by atoms with Crippen molar-refractivity contribution in [3.8, 4) is 10.7 Å². The molecule has 1 saturated heterocycles. The van der Waals surface area contributed by atoms with Crippen LogP contribution >= 0.6 is 23.1 Å². The molecule has 0 N–H and O–H groups in total. The summed E-state index contributed by atoms with van der Waals surface area (Å²) < 4.78 is 2.08. The molecule has 1 aliphatic heterocycles. The maximum Gasteiger partial charge on any atom is 0.233 e. The minimum atomic E-state index is 0.169. The van der Waals surface area contributed by atoms with Gasteiger partial charge in [0.1, 0.15) is 0 Å². The van der Waals surface area contributed by atoms with E-state index in [1.165, 1.54) is 23.0 Å². The number of aryl methyl sites for hydroxylation is 1. The number of benzene rings is 1. The smallest absolute Gasteiger partial charge is 0.233 e. The zero-order valence-electron chi connectivity index (χ0n) is 16.7. The Hall–Kier alpha value is -2.32. The van der Waals surface area contributed by atoms with Crippen LogP contribution in [0.25, 0.3) is 10.7 Å². The summed E-state index contributed by atoms with van der Waals surface area (Å²) in [7, 11) is 0. The number of thiophene rings is 1. The lowest BCUT2D eigenvalue weighted by molar-refractivity contribution is -0.128. The second-order valence-corrected chi connectivity index (χ2v) is 8.86. The molecule has 1 aliphatic rings. The molecule has 152 valence electrons. The van der Waals surface area contributed by atoms with Crippen LogP contribution in [0.4, 0.5) is 5.69 Å². The SMILES string of the molecule is CCn1c(SCC(=O)N2CCN(c3ccccc3C)CC2)nnc1-c1cccs1. The molecule has 6 nitrogen and oxygen atoms in total. The molecule has 0 aliphatic carbocycles. The lowest BCUT2D eigenvalue weighted by atomic mass is 10.1. The second-order valence-electron chi connectivity index (χ2n) is 6.97. The summed E-state index contributed by atoms with van der Waals surface area (Å²) in [6.07, 6.45) is 0. The Kier molecular flexibility index (Phi) is 6.20. The summed E-state index contributed by atoms with van der Waals surface area (Å²) in [6.45, 7) is 8.26. The number of hydrogen-bond acceptors (Lipinski definition) is 6. The molecule has 0 saturated carbocycles. The highest BCUT2D eigenvalue weighted by molar-refractivity contribution is 7.99. The third-order valence-corrected chi connectivity index (χ3v) is 7.01. The number of amides is 1. The first-order chi connectivity index (χ1) is 14.2. The van der Waals surface area contributed by atoms with Crippen LogP contribution in [-0.4, -0.2) is 57.5 Å². The molecule has 3 aromatic rings. The minimum Gasteiger partial charge on any atom is -0.368 e. The Morgan fingerprint density at radius 2 is 1.90 bits per heavy atom. The molecule has 0 atom stereocenters. The summed E-state index contributed by atoms with van der Waals surface area (Å²) in [5.74, 6) is 1.44. The Morgan fingerprint density at radius 1 is 1.10 bits per heavy atom.